The molecule has 7 heteroatoms. The standard InChI is InChI=1S/C19H18N2O4S/c1-3-24-15-7-5-4-6-13(15)18(23)25-11-17(22)21-19-20-14-9-8-12(2)10-16(14)26-19/h4-10H,3,11H2,1-2H3,(H,20,21,22). The van der Waals surface area contributed by atoms with Gasteiger partial charge < -0.3 is 9.47 Å². The van der Waals surface area contributed by atoms with E-state index in [1.165, 1.54) is 11.3 Å². The zero-order chi connectivity index (χ0) is 18.5. The van der Waals surface area contributed by atoms with E-state index in [0.717, 1.165) is 15.8 Å². The molecule has 134 valence electrons. The Kier molecular flexibility index (Phi) is 5.48. The Balaban J connectivity index is 1.60. The van der Waals surface area contributed by atoms with Crippen molar-refractivity contribution in [3.63, 3.8) is 0 Å². The van der Waals surface area contributed by atoms with Crippen LogP contribution in [-0.2, 0) is 9.53 Å². The maximum absolute atomic E-state index is 12.2. The van der Waals surface area contributed by atoms with E-state index in [-0.39, 0.29) is 5.56 Å². The molecule has 1 amide bonds. The van der Waals surface area contributed by atoms with Gasteiger partial charge in [-0.1, -0.05) is 29.5 Å². The highest BCUT2D eigenvalue weighted by Gasteiger charge is 2.16. The van der Waals surface area contributed by atoms with Crippen LogP contribution in [0.15, 0.2) is 42.5 Å². The van der Waals surface area contributed by atoms with Crippen molar-refractivity contribution in [1.29, 1.82) is 0 Å². The van der Waals surface area contributed by atoms with Gasteiger partial charge in [-0.25, -0.2) is 9.78 Å². The normalized spacial score (nSPS) is 10.5. The fraction of sp³-hybridized carbons (Fsp3) is 0.211. The van der Waals surface area contributed by atoms with Crippen molar-refractivity contribution < 1.29 is 19.1 Å². The molecule has 0 radical (unpaired) electrons. The van der Waals surface area contributed by atoms with E-state index in [1.807, 2.05) is 32.0 Å². The van der Waals surface area contributed by atoms with Crippen molar-refractivity contribution in [2.24, 2.45) is 0 Å². The van der Waals surface area contributed by atoms with Crippen LogP contribution in [0.4, 0.5) is 5.13 Å². The number of carbonyl (C=O) groups is 2. The van der Waals surface area contributed by atoms with Crippen LogP contribution in [0.5, 0.6) is 5.75 Å². The number of ether oxygens (including phenoxy) is 2. The number of hydrogen-bond donors (Lipinski definition) is 1. The molecule has 0 aliphatic heterocycles. The lowest BCUT2D eigenvalue weighted by molar-refractivity contribution is -0.119. The topological polar surface area (TPSA) is 77.5 Å². The van der Waals surface area contributed by atoms with E-state index in [9.17, 15) is 9.59 Å². The predicted octanol–water partition coefficient (Wildman–Crippen LogP) is 3.80. The summed E-state index contributed by atoms with van der Waals surface area (Å²) in [6.07, 6.45) is 0. The molecule has 1 aromatic heterocycles. The summed E-state index contributed by atoms with van der Waals surface area (Å²) in [5, 5.41) is 3.13. The first-order chi connectivity index (χ1) is 12.6. The minimum atomic E-state index is -0.607. The Bertz CT molecular complexity index is 952. The Morgan fingerprint density at radius 1 is 1.19 bits per heavy atom. The quantitative estimate of drug-likeness (QED) is 0.668. The molecule has 2 aromatic carbocycles. The fourth-order valence-corrected chi connectivity index (χ4v) is 3.35. The number of esters is 1. The molecule has 0 atom stereocenters. The number of para-hydroxylation sites is 1. The van der Waals surface area contributed by atoms with Crippen molar-refractivity contribution in [2.75, 3.05) is 18.5 Å². The van der Waals surface area contributed by atoms with Crippen molar-refractivity contribution in [2.45, 2.75) is 13.8 Å². The lowest BCUT2D eigenvalue weighted by Crippen LogP contribution is -2.21. The maximum Gasteiger partial charge on any atom is 0.342 e. The second-order valence-electron chi connectivity index (χ2n) is 5.54. The van der Waals surface area contributed by atoms with E-state index in [0.29, 0.717) is 17.5 Å². The summed E-state index contributed by atoms with van der Waals surface area (Å²) in [5.41, 5.74) is 2.23. The molecule has 0 bridgehead atoms. The minimum absolute atomic E-state index is 0.289. The van der Waals surface area contributed by atoms with Crippen LogP contribution in [0.3, 0.4) is 0 Å². The highest BCUT2D eigenvalue weighted by Crippen LogP contribution is 2.26. The highest BCUT2D eigenvalue weighted by atomic mass is 32.1. The predicted molar refractivity (Wildman–Crippen MR) is 101 cm³/mol. The van der Waals surface area contributed by atoms with Gasteiger partial charge in [0.15, 0.2) is 11.7 Å². The minimum Gasteiger partial charge on any atom is -0.493 e. The molecule has 6 nitrogen and oxygen atoms in total. The first kappa shape index (κ1) is 17.9. The average molecular weight is 370 g/mol. The third kappa shape index (κ3) is 4.18. The van der Waals surface area contributed by atoms with Gasteiger partial charge in [-0.2, -0.15) is 0 Å². The van der Waals surface area contributed by atoms with Gasteiger partial charge >= 0.3 is 5.97 Å². The van der Waals surface area contributed by atoms with Gasteiger partial charge in [-0.3, -0.25) is 10.1 Å². The smallest absolute Gasteiger partial charge is 0.342 e. The van der Waals surface area contributed by atoms with E-state index in [2.05, 4.69) is 10.3 Å². The number of benzene rings is 2. The number of anilines is 1. The molecule has 0 fully saturated rings. The Hall–Kier alpha value is -2.93. The highest BCUT2D eigenvalue weighted by molar-refractivity contribution is 7.22. The second kappa shape index (κ2) is 7.97. The third-order valence-electron chi connectivity index (χ3n) is 3.53. The molecule has 0 saturated heterocycles. The van der Waals surface area contributed by atoms with Crippen LogP contribution in [0.2, 0.25) is 0 Å². The molecule has 0 aliphatic carbocycles. The van der Waals surface area contributed by atoms with E-state index in [4.69, 9.17) is 9.47 Å². The fourth-order valence-electron chi connectivity index (χ4n) is 2.37. The van der Waals surface area contributed by atoms with Crippen LogP contribution < -0.4 is 10.1 Å². The van der Waals surface area contributed by atoms with Gasteiger partial charge in [0.05, 0.1) is 16.8 Å². The van der Waals surface area contributed by atoms with Crippen LogP contribution in [-0.4, -0.2) is 30.1 Å². The number of fused-ring (bicyclic) bond motifs is 1. The van der Waals surface area contributed by atoms with Crippen molar-refractivity contribution in [3.8, 4) is 5.75 Å². The molecular weight excluding hydrogens is 352 g/mol. The van der Waals surface area contributed by atoms with Gasteiger partial charge in [0.2, 0.25) is 0 Å². The van der Waals surface area contributed by atoms with Crippen LogP contribution in [0.1, 0.15) is 22.8 Å². The van der Waals surface area contributed by atoms with E-state index < -0.39 is 18.5 Å². The molecule has 26 heavy (non-hydrogen) atoms. The molecule has 3 rings (SSSR count). The summed E-state index contributed by atoms with van der Waals surface area (Å²) < 4.78 is 11.5. The maximum atomic E-state index is 12.2. The average Bonchev–Trinajstić information content (AvgIpc) is 3.01. The number of amides is 1. The summed E-state index contributed by atoms with van der Waals surface area (Å²) in [7, 11) is 0. The summed E-state index contributed by atoms with van der Waals surface area (Å²) >= 11 is 1.38. The van der Waals surface area contributed by atoms with Crippen molar-refractivity contribution in [1.82, 2.24) is 4.98 Å². The number of nitrogens with zero attached hydrogens (tertiary/aromatic N) is 1. The lowest BCUT2D eigenvalue weighted by atomic mass is 10.2. The second-order valence-corrected chi connectivity index (χ2v) is 6.57. The van der Waals surface area contributed by atoms with Gasteiger partial charge in [-0.15, -0.1) is 0 Å². The molecule has 0 unspecified atom stereocenters. The monoisotopic (exact) mass is 370 g/mol. The number of hydrogen-bond acceptors (Lipinski definition) is 6. The zero-order valence-corrected chi connectivity index (χ0v) is 15.3. The molecule has 3 aromatic rings. The van der Waals surface area contributed by atoms with Crippen molar-refractivity contribution >= 4 is 38.6 Å². The number of aromatic nitrogens is 1. The molecule has 0 saturated carbocycles. The summed E-state index contributed by atoms with van der Waals surface area (Å²) in [5.74, 6) is -0.617. The molecular formula is C19H18N2O4S. The number of nitrogens with one attached hydrogen (secondary N) is 1. The van der Waals surface area contributed by atoms with E-state index >= 15 is 0 Å². The summed E-state index contributed by atoms with van der Waals surface area (Å²) in [6.45, 7) is 3.86. The van der Waals surface area contributed by atoms with Crippen LogP contribution in [0.25, 0.3) is 10.2 Å². The first-order valence-corrected chi connectivity index (χ1v) is 8.94. The Labute approximate surface area is 154 Å². The van der Waals surface area contributed by atoms with E-state index in [1.54, 1.807) is 24.3 Å². The molecule has 0 aliphatic rings. The number of carbonyl (C=O) groups excluding carboxylic acids is 2. The molecule has 0 spiro atoms. The summed E-state index contributed by atoms with van der Waals surface area (Å²) in [6, 6.07) is 12.6. The summed E-state index contributed by atoms with van der Waals surface area (Å²) in [4.78, 5) is 28.6. The van der Waals surface area contributed by atoms with Crippen LogP contribution >= 0.6 is 11.3 Å². The van der Waals surface area contributed by atoms with Gasteiger partial charge in [0, 0.05) is 0 Å². The third-order valence-corrected chi connectivity index (χ3v) is 4.47. The van der Waals surface area contributed by atoms with Crippen molar-refractivity contribution in [3.05, 3.63) is 53.6 Å². The zero-order valence-electron chi connectivity index (χ0n) is 14.4. The van der Waals surface area contributed by atoms with Gasteiger partial charge in [-0.05, 0) is 43.7 Å². The number of aryl methyl sites for hydroxylation is 1. The number of thiazole rings is 1. The lowest BCUT2D eigenvalue weighted by Gasteiger charge is -2.09. The number of rotatable bonds is 6. The Morgan fingerprint density at radius 2 is 2.00 bits per heavy atom. The largest absolute Gasteiger partial charge is 0.493 e. The Morgan fingerprint density at radius 3 is 2.81 bits per heavy atom. The van der Waals surface area contributed by atoms with Gasteiger partial charge in [0.1, 0.15) is 11.3 Å². The first-order valence-electron chi connectivity index (χ1n) is 8.13. The molecule has 1 heterocycles. The van der Waals surface area contributed by atoms with Crippen LogP contribution in [0, 0.1) is 6.92 Å². The van der Waals surface area contributed by atoms with Gasteiger partial charge in [0.25, 0.3) is 5.91 Å². The molecule has 1 N–H and O–H groups in total. The SMILES string of the molecule is CCOc1ccccc1C(=O)OCC(=O)Nc1nc2ccc(C)cc2s1.